The van der Waals surface area contributed by atoms with Gasteiger partial charge in [0.25, 0.3) is 0 Å². The van der Waals surface area contributed by atoms with E-state index in [2.05, 4.69) is 36.0 Å². The first kappa shape index (κ1) is 12.7. The Labute approximate surface area is 110 Å². The zero-order valence-electron chi connectivity index (χ0n) is 8.98. The SMILES string of the molecule is FC(F)Oc1ccc(Nc2ncncc2Br)cc1. The van der Waals surface area contributed by atoms with Crippen molar-refractivity contribution in [2.24, 2.45) is 0 Å². The van der Waals surface area contributed by atoms with E-state index in [4.69, 9.17) is 0 Å². The predicted molar refractivity (Wildman–Crippen MR) is 66.1 cm³/mol. The lowest BCUT2D eigenvalue weighted by atomic mass is 10.3. The number of alkyl halides is 2. The van der Waals surface area contributed by atoms with E-state index in [1.54, 1.807) is 18.3 Å². The largest absolute Gasteiger partial charge is 0.435 e. The van der Waals surface area contributed by atoms with Crippen molar-refractivity contribution in [2.75, 3.05) is 5.32 Å². The van der Waals surface area contributed by atoms with Crippen LogP contribution in [0.15, 0.2) is 41.3 Å². The van der Waals surface area contributed by atoms with Gasteiger partial charge < -0.3 is 10.1 Å². The van der Waals surface area contributed by atoms with Crippen LogP contribution in [-0.4, -0.2) is 16.6 Å². The Morgan fingerprint density at radius 1 is 1.22 bits per heavy atom. The molecule has 4 nitrogen and oxygen atoms in total. The van der Waals surface area contributed by atoms with Crippen molar-refractivity contribution in [1.82, 2.24) is 9.97 Å². The predicted octanol–water partition coefficient (Wildman–Crippen LogP) is 3.58. The van der Waals surface area contributed by atoms with Gasteiger partial charge in [-0.3, -0.25) is 0 Å². The van der Waals surface area contributed by atoms with Gasteiger partial charge in [-0.25, -0.2) is 9.97 Å². The minimum atomic E-state index is -2.82. The highest BCUT2D eigenvalue weighted by Crippen LogP contribution is 2.24. The first-order valence-corrected chi connectivity index (χ1v) is 5.72. The van der Waals surface area contributed by atoms with Crippen molar-refractivity contribution in [3.63, 3.8) is 0 Å². The number of anilines is 2. The third-order valence-electron chi connectivity index (χ3n) is 2.01. The fourth-order valence-electron chi connectivity index (χ4n) is 1.26. The van der Waals surface area contributed by atoms with E-state index in [1.165, 1.54) is 18.5 Å². The minimum absolute atomic E-state index is 0.109. The molecule has 2 rings (SSSR count). The average molecular weight is 316 g/mol. The Bertz CT molecular complexity index is 522. The summed E-state index contributed by atoms with van der Waals surface area (Å²) in [6.07, 6.45) is 3.00. The van der Waals surface area contributed by atoms with Crippen molar-refractivity contribution < 1.29 is 13.5 Å². The van der Waals surface area contributed by atoms with Crippen LogP contribution in [0.1, 0.15) is 0 Å². The van der Waals surface area contributed by atoms with Gasteiger partial charge in [-0.05, 0) is 40.2 Å². The van der Waals surface area contributed by atoms with Crippen LogP contribution in [0.4, 0.5) is 20.3 Å². The quantitative estimate of drug-likeness (QED) is 0.936. The highest BCUT2D eigenvalue weighted by Gasteiger charge is 2.05. The third kappa shape index (κ3) is 3.36. The summed E-state index contributed by atoms with van der Waals surface area (Å²) in [5, 5.41) is 3.01. The molecule has 0 aliphatic rings. The summed E-state index contributed by atoms with van der Waals surface area (Å²) in [6, 6.07) is 6.13. The topological polar surface area (TPSA) is 47.0 Å². The lowest BCUT2D eigenvalue weighted by Crippen LogP contribution is -2.01. The van der Waals surface area contributed by atoms with Crippen molar-refractivity contribution in [3.8, 4) is 5.75 Å². The Kier molecular flexibility index (Phi) is 4.03. The Balaban J connectivity index is 2.09. The Hall–Kier alpha value is -1.76. The van der Waals surface area contributed by atoms with E-state index in [0.717, 1.165) is 0 Å². The highest BCUT2D eigenvalue weighted by atomic mass is 79.9. The average Bonchev–Trinajstić information content (AvgIpc) is 2.34. The number of aromatic nitrogens is 2. The monoisotopic (exact) mass is 315 g/mol. The molecule has 1 aromatic carbocycles. The summed E-state index contributed by atoms with van der Waals surface area (Å²) in [5.41, 5.74) is 0.705. The molecule has 0 aliphatic heterocycles. The molecule has 7 heteroatoms. The van der Waals surface area contributed by atoms with Crippen LogP contribution in [0.25, 0.3) is 0 Å². The standard InChI is InChI=1S/C11H8BrF2N3O/c12-9-5-15-6-16-10(9)17-7-1-3-8(4-2-7)18-11(13)14/h1-6,11H,(H,15,16,17). The fourth-order valence-corrected chi connectivity index (χ4v) is 1.58. The maximum absolute atomic E-state index is 12.0. The van der Waals surface area contributed by atoms with Gasteiger partial charge in [0.05, 0.1) is 4.47 Å². The summed E-state index contributed by atoms with van der Waals surface area (Å²) in [4.78, 5) is 7.86. The molecule has 0 saturated carbocycles. The van der Waals surface area contributed by atoms with Crippen molar-refractivity contribution in [1.29, 1.82) is 0 Å². The van der Waals surface area contributed by atoms with Crippen molar-refractivity contribution in [3.05, 3.63) is 41.3 Å². The first-order chi connectivity index (χ1) is 8.65. The molecule has 0 fully saturated rings. The second kappa shape index (κ2) is 5.72. The molecule has 0 unspecified atom stereocenters. The molecule has 18 heavy (non-hydrogen) atoms. The fraction of sp³-hybridized carbons (Fsp3) is 0.0909. The summed E-state index contributed by atoms with van der Waals surface area (Å²) in [6.45, 7) is -2.82. The lowest BCUT2D eigenvalue weighted by Gasteiger charge is -2.08. The molecule has 1 heterocycles. The maximum Gasteiger partial charge on any atom is 0.387 e. The summed E-state index contributed by atoms with van der Waals surface area (Å²) >= 11 is 3.29. The molecule has 0 aliphatic carbocycles. The van der Waals surface area contributed by atoms with E-state index < -0.39 is 6.61 Å². The zero-order chi connectivity index (χ0) is 13.0. The minimum Gasteiger partial charge on any atom is -0.435 e. The Morgan fingerprint density at radius 3 is 2.56 bits per heavy atom. The van der Waals surface area contributed by atoms with Gasteiger partial charge in [0, 0.05) is 11.9 Å². The molecule has 0 amide bonds. The van der Waals surface area contributed by atoms with E-state index in [0.29, 0.717) is 16.0 Å². The number of nitrogens with zero attached hydrogens (tertiary/aromatic N) is 2. The van der Waals surface area contributed by atoms with Gasteiger partial charge in [-0.1, -0.05) is 0 Å². The number of nitrogens with one attached hydrogen (secondary N) is 1. The second-order valence-corrected chi connectivity index (χ2v) is 4.10. The normalized spacial score (nSPS) is 10.4. The van der Waals surface area contributed by atoms with Gasteiger partial charge in [0.15, 0.2) is 0 Å². The van der Waals surface area contributed by atoms with Crippen LogP contribution < -0.4 is 10.1 Å². The maximum atomic E-state index is 12.0. The number of benzene rings is 1. The van der Waals surface area contributed by atoms with Gasteiger partial charge in [0.2, 0.25) is 0 Å². The summed E-state index contributed by atoms with van der Waals surface area (Å²) in [5.74, 6) is 0.699. The van der Waals surface area contributed by atoms with Gasteiger partial charge >= 0.3 is 6.61 Å². The van der Waals surface area contributed by atoms with Gasteiger partial charge in [0.1, 0.15) is 17.9 Å². The molecule has 0 atom stereocenters. The molecular formula is C11H8BrF2N3O. The first-order valence-electron chi connectivity index (χ1n) is 4.92. The van der Waals surface area contributed by atoms with Gasteiger partial charge in [-0.2, -0.15) is 8.78 Å². The molecule has 0 spiro atoms. The molecule has 0 bridgehead atoms. The highest BCUT2D eigenvalue weighted by molar-refractivity contribution is 9.10. The molecule has 1 aromatic heterocycles. The van der Waals surface area contributed by atoms with Crippen LogP contribution in [0.2, 0.25) is 0 Å². The molecule has 2 aromatic rings. The van der Waals surface area contributed by atoms with Crippen LogP contribution in [0.5, 0.6) is 5.75 Å². The van der Waals surface area contributed by atoms with Crippen molar-refractivity contribution >= 4 is 27.4 Å². The van der Waals surface area contributed by atoms with Crippen LogP contribution in [0.3, 0.4) is 0 Å². The molecule has 0 saturated heterocycles. The van der Waals surface area contributed by atoms with E-state index in [1.807, 2.05) is 0 Å². The molecular weight excluding hydrogens is 308 g/mol. The lowest BCUT2D eigenvalue weighted by molar-refractivity contribution is -0.0498. The summed E-state index contributed by atoms with van der Waals surface area (Å²) in [7, 11) is 0. The molecule has 94 valence electrons. The number of halogens is 3. The Morgan fingerprint density at radius 2 is 1.94 bits per heavy atom. The van der Waals surface area contributed by atoms with E-state index >= 15 is 0 Å². The van der Waals surface area contributed by atoms with E-state index in [9.17, 15) is 8.78 Å². The summed E-state index contributed by atoms with van der Waals surface area (Å²) < 4.78 is 28.9. The number of hydrogen-bond acceptors (Lipinski definition) is 4. The van der Waals surface area contributed by atoms with Crippen molar-refractivity contribution in [2.45, 2.75) is 6.61 Å². The molecule has 0 radical (unpaired) electrons. The second-order valence-electron chi connectivity index (χ2n) is 3.25. The van der Waals surface area contributed by atoms with Crippen LogP contribution in [0, 0.1) is 0 Å². The third-order valence-corrected chi connectivity index (χ3v) is 2.59. The smallest absolute Gasteiger partial charge is 0.387 e. The molecule has 1 N–H and O–H groups in total. The van der Waals surface area contributed by atoms with Crippen LogP contribution >= 0.6 is 15.9 Å². The number of ether oxygens (including phenoxy) is 1. The van der Waals surface area contributed by atoms with Gasteiger partial charge in [-0.15, -0.1) is 0 Å². The number of hydrogen-bond donors (Lipinski definition) is 1. The number of rotatable bonds is 4. The van der Waals surface area contributed by atoms with E-state index in [-0.39, 0.29) is 5.75 Å². The van der Waals surface area contributed by atoms with Crippen LogP contribution in [-0.2, 0) is 0 Å². The zero-order valence-corrected chi connectivity index (χ0v) is 10.6.